The fraction of sp³-hybridized carbons (Fsp3) is 0.100. The van der Waals surface area contributed by atoms with Gasteiger partial charge in [-0.1, -0.05) is 60.7 Å². The van der Waals surface area contributed by atoms with Crippen molar-refractivity contribution in [3.05, 3.63) is 95.8 Å². The molecule has 126 valence electrons. The normalized spacial score (nSPS) is 11.6. The number of aryl methyl sites for hydroxylation is 1. The first-order valence-electron chi connectivity index (χ1n) is 7.90. The first-order valence-corrected chi connectivity index (χ1v) is 7.90. The highest BCUT2D eigenvalue weighted by molar-refractivity contribution is 5.91. The lowest BCUT2D eigenvalue weighted by atomic mass is 9.85. The number of carbonyl (C=O) groups excluding carboxylic acids is 1. The van der Waals surface area contributed by atoms with E-state index in [1.165, 1.54) is 6.21 Å². The number of hydrogen-bond donors (Lipinski definition) is 2. The van der Waals surface area contributed by atoms with E-state index in [9.17, 15) is 9.90 Å². The van der Waals surface area contributed by atoms with Gasteiger partial charge in [0.15, 0.2) is 5.60 Å². The van der Waals surface area contributed by atoms with Crippen molar-refractivity contribution in [1.29, 1.82) is 0 Å². The summed E-state index contributed by atoms with van der Waals surface area (Å²) in [5.74, 6) is -0.615. The van der Waals surface area contributed by atoms with Crippen molar-refractivity contribution in [2.45, 2.75) is 5.60 Å². The molecule has 25 heavy (non-hydrogen) atoms. The summed E-state index contributed by atoms with van der Waals surface area (Å²) >= 11 is 0. The molecule has 5 nitrogen and oxygen atoms in total. The third-order valence-electron chi connectivity index (χ3n) is 4.06. The number of hydrazone groups is 1. The highest BCUT2D eigenvalue weighted by atomic mass is 16.3. The van der Waals surface area contributed by atoms with Crippen LogP contribution in [0.1, 0.15) is 16.8 Å². The molecule has 0 unspecified atom stereocenters. The van der Waals surface area contributed by atoms with Crippen LogP contribution in [0, 0.1) is 0 Å². The van der Waals surface area contributed by atoms with Crippen LogP contribution in [0.5, 0.6) is 0 Å². The van der Waals surface area contributed by atoms with Gasteiger partial charge in [-0.2, -0.15) is 5.10 Å². The lowest BCUT2D eigenvalue weighted by molar-refractivity contribution is -0.136. The molecule has 0 aliphatic rings. The fourth-order valence-electron chi connectivity index (χ4n) is 2.63. The zero-order valence-electron chi connectivity index (χ0n) is 13.8. The number of carbonyl (C=O) groups is 1. The van der Waals surface area contributed by atoms with E-state index in [1.54, 1.807) is 48.5 Å². The van der Waals surface area contributed by atoms with E-state index >= 15 is 0 Å². The Kier molecular flexibility index (Phi) is 4.77. The van der Waals surface area contributed by atoms with Crippen LogP contribution in [0.2, 0.25) is 0 Å². The van der Waals surface area contributed by atoms with Crippen LogP contribution < -0.4 is 5.43 Å². The van der Waals surface area contributed by atoms with Gasteiger partial charge in [-0.15, -0.1) is 0 Å². The Labute approximate surface area is 146 Å². The Morgan fingerprint density at radius 2 is 1.56 bits per heavy atom. The number of hydrogen-bond acceptors (Lipinski definition) is 3. The number of aromatic nitrogens is 1. The maximum absolute atomic E-state index is 12.8. The molecule has 1 aromatic heterocycles. The average Bonchev–Trinajstić information content (AvgIpc) is 3.07. The predicted octanol–water partition coefficient (Wildman–Crippen LogP) is 2.41. The second-order valence-electron chi connectivity index (χ2n) is 5.69. The zero-order valence-corrected chi connectivity index (χ0v) is 13.8. The Hall–Kier alpha value is -3.18. The number of benzene rings is 2. The highest BCUT2D eigenvalue weighted by Crippen LogP contribution is 2.29. The summed E-state index contributed by atoms with van der Waals surface area (Å²) in [6.07, 6.45) is 3.42. The molecule has 2 N–H and O–H groups in total. The predicted molar refractivity (Wildman–Crippen MR) is 97.0 cm³/mol. The topological polar surface area (TPSA) is 66.6 Å². The maximum atomic E-state index is 12.8. The molecule has 2 aromatic carbocycles. The van der Waals surface area contributed by atoms with Crippen LogP contribution in [-0.2, 0) is 17.4 Å². The summed E-state index contributed by atoms with van der Waals surface area (Å²) in [6, 6.07) is 21.4. The standard InChI is InChI=1S/C20H19N3O2/c1-23-14-8-13-18(23)15-21-22-19(24)20(25,16-9-4-2-5-10-16)17-11-6-3-7-12-17/h2-15,25H,1H3,(H,22,24)/b21-15+. The molecule has 0 spiro atoms. The summed E-state index contributed by atoms with van der Waals surface area (Å²) in [5, 5.41) is 15.2. The first-order chi connectivity index (χ1) is 12.1. The summed E-state index contributed by atoms with van der Waals surface area (Å²) in [4.78, 5) is 12.8. The van der Waals surface area contributed by atoms with E-state index < -0.39 is 11.5 Å². The number of amides is 1. The van der Waals surface area contributed by atoms with Gasteiger partial charge in [-0.05, 0) is 23.3 Å². The minimum atomic E-state index is -1.83. The molecule has 1 heterocycles. The third kappa shape index (κ3) is 3.36. The number of nitrogens with one attached hydrogen (secondary N) is 1. The van der Waals surface area contributed by atoms with Crippen LogP contribution in [-0.4, -0.2) is 21.8 Å². The molecular formula is C20H19N3O2. The van der Waals surface area contributed by atoms with Gasteiger partial charge in [0.05, 0.1) is 11.9 Å². The molecular weight excluding hydrogens is 314 g/mol. The van der Waals surface area contributed by atoms with E-state index in [1.807, 2.05) is 42.1 Å². The van der Waals surface area contributed by atoms with E-state index in [0.717, 1.165) is 5.69 Å². The van der Waals surface area contributed by atoms with E-state index in [0.29, 0.717) is 11.1 Å². The van der Waals surface area contributed by atoms with Gasteiger partial charge < -0.3 is 9.67 Å². The van der Waals surface area contributed by atoms with Crippen molar-refractivity contribution >= 4 is 12.1 Å². The van der Waals surface area contributed by atoms with Crippen LogP contribution in [0.4, 0.5) is 0 Å². The van der Waals surface area contributed by atoms with Gasteiger partial charge in [0, 0.05) is 13.2 Å². The Morgan fingerprint density at radius 3 is 2.04 bits per heavy atom. The Morgan fingerprint density at radius 1 is 1.00 bits per heavy atom. The van der Waals surface area contributed by atoms with Crippen molar-refractivity contribution < 1.29 is 9.90 Å². The van der Waals surface area contributed by atoms with Crippen LogP contribution >= 0.6 is 0 Å². The molecule has 0 aliphatic heterocycles. The van der Waals surface area contributed by atoms with Crippen molar-refractivity contribution in [3.63, 3.8) is 0 Å². The fourth-order valence-corrected chi connectivity index (χ4v) is 2.63. The van der Waals surface area contributed by atoms with E-state index in [2.05, 4.69) is 10.5 Å². The molecule has 3 rings (SSSR count). The largest absolute Gasteiger partial charge is 0.372 e. The number of aliphatic hydroxyl groups is 1. The van der Waals surface area contributed by atoms with Gasteiger partial charge in [-0.25, -0.2) is 5.43 Å². The second kappa shape index (κ2) is 7.15. The lowest BCUT2D eigenvalue weighted by Gasteiger charge is -2.27. The van der Waals surface area contributed by atoms with Crippen molar-refractivity contribution in [2.24, 2.45) is 12.1 Å². The lowest BCUT2D eigenvalue weighted by Crippen LogP contribution is -2.43. The second-order valence-corrected chi connectivity index (χ2v) is 5.69. The summed E-state index contributed by atoms with van der Waals surface area (Å²) in [6.45, 7) is 0. The molecule has 0 bridgehead atoms. The van der Waals surface area contributed by atoms with Gasteiger partial charge >= 0.3 is 0 Å². The van der Waals surface area contributed by atoms with E-state index in [-0.39, 0.29) is 0 Å². The van der Waals surface area contributed by atoms with Crippen molar-refractivity contribution in [3.8, 4) is 0 Å². The molecule has 0 fully saturated rings. The average molecular weight is 333 g/mol. The molecule has 0 radical (unpaired) electrons. The maximum Gasteiger partial charge on any atom is 0.281 e. The highest BCUT2D eigenvalue weighted by Gasteiger charge is 2.39. The SMILES string of the molecule is Cn1cccc1/C=N/NC(=O)C(O)(c1ccccc1)c1ccccc1. The third-order valence-corrected chi connectivity index (χ3v) is 4.06. The summed E-state index contributed by atoms with van der Waals surface area (Å²) in [5.41, 5.74) is 2.42. The minimum Gasteiger partial charge on any atom is -0.372 e. The smallest absolute Gasteiger partial charge is 0.281 e. The molecule has 5 heteroatoms. The van der Waals surface area contributed by atoms with Crippen LogP contribution in [0.25, 0.3) is 0 Å². The Bertz CT molecular complexity index is 831. The molecule has 0 atom stereocenters. The first kappa shape index (κ1) is 16.7. The minimum absolute atomic E-state index is 0.479. The molecule has 0 saturated heterocycles. The number of rotatable bonds is 5. The Balaban J connectivity index is 1.91. The van der Waals surface area contributed by atoms with Gasteiger partial charge in [0.1, 0.15) is 0 Å². The van der Waals surface area contributed by atoms with Gasteiger partial charge in [-0.3, -0.25) is 4.79 Å². The summed E-state index contributed by atoms with van der Waals surface area (Å²) < 4.78 is 1.87. The molecule has 3 aromatic rings. The zero-order chi connectivity index (χ0) is 17.7. The monoisotopic (exact) mass is 333 g/mol. The molecule has 0 aliphatic carbocycles. The molecule has 1 amide bonds. The van der Waals surface area contributed by atoms with E-state index in [4.69, 9.17) is 0 Å². The van der Waals surface area contributed by atoms with Crippen LogP contribution in [0.3, 0.4) is 0 Å². The molecule has 0 saturated carbocycles. The quantitative estimate of drug-likeness (QED) is 0.556. The number of nitrogens with zero attached hydrogens (tertiary/aromatic N) is 2. The summed E-state index contributed by atoms with van der Waals surface area (Å²) in [7, 11) is 1.88. The van der Waals surface area contributed by atoms with Gasteiger partial charge in [0.2, 0.25) is 0 Å². The van der Waals surface area contributed by atoms with Gasteiger partial charge in [0.25, 0.3) is 5.91 Å². The van der Waals surface area contributed by atoms with Crippen molar-refractivity contribution in [1.82, 2.24) is 9.99 Å². The van der Waals surface area contributed by atoms with Crippen molar-refractivity contribution in [2.75, 3.05) is 0 Å². The van der Waals surface area contributed by atoms with Crippen LogP contribution in [0.15, 0.2) is 84.1 Å².